The van der Waals surface area contributed by atoms with Gasteiger partial charge in [0, 0.05) is 19.0 Å². The SMILES string of the molecule is CC(C)c1ocnc1CN1CCc2ccccc2C1CO. The molecule has 1 aromatic heterocycles. The number of benzene rings is 1. The minimum absolute atomic E-state index is 0.0478. The summed E-state index contributed by atoms with van der Waals surface area (Å²) in [7, 11) is 0. The van der Waals surface area contributed by atoms with Crippen molar-refractivity contribution < 1.29 is 9.52 Å². The lowest BCUT2D eigenvalue weighted by Crippen LogP contribution is -2.37. The maximum Gasteiger partial charge on any atom is 0.181 e. The first kappa shape index (κ1) is 14.3. The standard InChI is InChI=1S/C17H22N2O2/c1-12(2)17-15(18-11-21-17)9-19-8-7-13-5-3-4-6-14(13)16(19)10-20/h3-6,11-12,16,20H,7-10H2,1-2H3. The van der Waals surface area contributed by atoms with Crippen LogP contribution in [0.1, 0.15) is 48.4 Å². The Kier molecular flexibility index (Phi) is 4.08. The summed E-state index contributed by atoms with van der Waals surface area (Å²) in [5.41, 5.74) is 3.57. The highest BCUT2D eigenvalue weighted by atomic mass is 16.3. The van der Waals surface area contributed by atoms with Gasteiger partial charge in [0.25, 0.3) is 0 Å². The van der Waals surface area contributed by atoms with Gasteiger partial charge in [-0.2, -0.15) is 0 Å². The van der Waals surface area contributed by atoms with Crippen molar-refractivity contribution in [1.29, 1.82) is 0 Å². The molecule has 112 valence electrons. The lowest BCUT2D eigenvalue weighted by atomic mass is 9.92. The molecule has 2 heterocycles. The normalized spacial score (nSPS) is 19.0. The molecule has 0 saturated heterocycles. The zero-order valence-electron chi connectivity index (χ0n) is 12.6. The summed E-state index contributed by atoms with van der Waals surface area (Å²) >= 11 is 0. The van der Waals surface area contributed by atoms with Crippen LogP contribution >= 0.6 is 0 Å². The minimum Gasteiger partial charge on any atom is -0.448 e. The second-order valence-corrected chi connectivity index (χ2v) is 5.94. The van der Waals surface area contributed by atoms with Gasteiger partial charge in [0.2, 0.25) is 0 Å². The Morgan fingerprint density at radius 3 is 2.95 bits per heavy atom. The number of aromatic nitrogens is 1. The summed E-state index contributed by atoms with van der Waals surface area (Å²) in [4.78, 5) is 6.66. The third-order valence-corrected chi connectivity index (χ3v) is 4.25. The van der Waals surface area contributed by atoms with Gasteiger partial charge in [0.15, 0.2) is 6.39 Å². The molecule has 2 aromatic rings. The van der Waals surface area contributed by atoms with Crippen LogP contribution in [0.2, 0.25) is 0 Å². The average molecular weight is 286 g/mol. The van der Waals surface area contributed by atoms with E-state index >= 15 is 0 Å². The summed E-state index contributed by atoms with van der Waals surface area (Å²) in [6.45, 7) is 6.01. The van der Waals surface area contributed by atoms with Crippen molar-refractivity contribution in [2.24, 2.45) is 0 Å². The van der Waals surface area contributed by atoms with Crippen LogP contribution in [0, 0.1) is 0 Å². The summed E-state index contributed by atoms with van der Waals surface area (Å²) < 4.78 is 5.51. The molecule has 0 fully saturated rings. The lowest BCUT2D eigenvalue weighted by Gasteiger charge is -2.36. The predicted octanol–water partition coefficient (Wildman–Crippen LogP) is 2.89. The first-order chi connectivity index (χ1) is 10.2. The van der Waals surface area contributed by atoms with Crippen LogP contribution in [-0.4, -0.2) is 28.1 Å². The van der Waals surface area contributed by atoms with Crippen LogP contribution in [0.3, 0.4) is 0 Å². The van der Waals surface area contributed by atoms with Crippen molar-refractivity contribution in [3.63, 3.8) is 0 Å². The molecule has 3 rings (SSSR count). The second kappa shape index (κ2) is 6.00. The Balaban J connectivity index is 1.85. The van der Waals surface area contributed by atoms with E-state index in [0.717, 1.165) is 31.0 Å². The number of fused-ring (bicyclic) bond motifs is 1. The van der Waals surface area contributed by atoms with E-state index in [1.165, 1.54) is 17.5 Å². The van der Waals surface area contributed by atoms with Crippen molar-refractivity contribution in [3.05, 3.63) is 53.2 Å². The van der Waals surface area contributed by atoms with Gasteiger partial charge < -0.3 is 9.52 Å². The minimum atomic E-state index is 0.0478. The molecule has 0 saturated carbocycles. The molecule has 0 aliphatic carbocycles. The molecule has 1 unspecified atom stereocenters. The highest BCUT2D eigenvalue weighted by Crippen LogP contribution is 2.31. The molecular formula is C17H22N2O2. The zero-order chi connectivity index (χ0) is 14.8. The summed E-state index contributed by atoms with van der Waals surface area (Å²) in [6, 6.07) is 8.43. The number of nitrogens with zero attached hydrogens (tertiary/aromatic N) is 2. The van der Waals surface area contributed by atoms with Crippen LogP contribution < -0.4 is 0 Å². The van der Waals surface area contributed by atoms with Crippen molar-refractivity contribution in [2.45, 2.75) is 38.8 Å². The van der Waals surface area contributed by atoms with Crippen molar-refractivity contribution >= 4 is 0 Å². The van der Waals surface area contributed by atoms with Gasteiger partial charge in [0.05, 0.1) is 18.3 Å². The van der Waals surface area contributed by atoms with Gasteiger partial charge in [-0.15, -0.1) is 0 Å². The monoisotopic (exact) mass is 286 g/mol. The molecule has 1 aliphatic rings. The van der Waals surface area contributed by atoms with Crippen molar-refractivity contribution in [2.75, 3.05) is 13.2 Å². The van der Waals surface area contributed by atoms with E-state index in [2.05, 4.69) is 41.9 Å². The number of hydrogen-bond acceptors (Lipinski definition) is 4. The van der Waals surface area contributed by atoms with Gasteiger partial charge >= 0.3 is 0 Å². The molecule has 4 nitrogen and oxygen atoms in total. The Hall–Kier alpha value is -1.65. The quantitative estimate of drug-likeness (QED) is 0.939. The number of rotatable bonds is 4. The molecule has 1 aliphatic heterocycles. The van der Waals surface area contributed by atoms with E-state index in [-0.39, 0.29) is 12.6 Å². The summed E-state index contributed by atoms with van der Waals surface area (Å²) in [5.74, 6) is 1.28. The fourth-order valence-electron chi connectivity index (χ4n) is 3.17. The van der Waals surface area contributed by atoms with Gasteiger partial charge in [-0.05, 0) is 17.5 Å². The van der Waals surface area contributed by atoms with Gasteiger partial charge in [-0.25, -0.2) is 4.98 Å². The summed E-state index contributed by atoms with van der Waals surface area (Å²) in [6.07, 6.45) is 2.54. The lowest BCUT2D eigenvalue weighted by molar-refractivity contribution is 0.106. The molecule has 21 heavy (non-hydrogen) atoms. The Bertz CT molecular complexity index is 606. The van der Waals surface area contributed by atoms with E-state index < -0.39 is 0 Å². The first-order valence-electron chi connectivity index (χ1n) is 7.55. The molecular weight excluding hydrogens is 264 g/mol. The smallest absolute Gasteiger partial charge is 0.181 e. The number of aliphatic hydroxyl groups excluding tert-OH is 1. The first-order valence-corrected chi connectivity index (χ1v) is 7.55. The third kappa shape index (κ3) is 2.74. The Morgan fingerprint density at radius 1 is 1.38 bits per heavy atom. The van der Waals surface area contributed by atoms with Crippen LogP contribution in [0.5, 0.6) is 0 Å². The van der Waals surface area contributed by atoms with Gasteiger partial charge in [0.1, 0.15) is 5.76 Å². The Morgan fingerprint density at radius 2 is 2.19 bits per heavy atom. The van der Waals surface area contributed by atoms with Crippen LogP contribution in [0.15, 0.2) is 35.1 Å². The highest BCUT2D eigenvalue weighted by Gasteiger charge is 2.28. The van der Waals surface area contributed by atoms with Crippen LogP contribution in [-0.2, 0) is 13.0 Å². The fourth-order valence-corrected chi connectivity index (χ4v) is 3.17. The summed E-state index contributed by atoms with van der Waals surface area (Å²) in [5, 5.41) is 9.83. The van der Waals surface area contributed by atoms with Crippen LogP contribution in [0.25, 0.3) is 0 Å². The van der Waals surface area contributed by atoms with E-state index in [1.807, 2.05) is 6.07 Å². The van der Waals surface area contributed by atoms with Crippen molar-refractivity contribution in [3.8, 4) is 0 Å². The molecule has 0 spiro atoms. The topological polar surface area (TPSA) is 49.5 Å². The van der Waals surface area contributed by atoms with E-state index in [0.29, 0.717) is 5.92 Å². The molecule has 4 heteroatoms. The third-order valence-electron chi connectivity index (χ3n) is 4.25. The number of oxazole rings is 1. The zero-order valence-corrected chi connectivity index (χ0v) is 12.6. The van der Waals surface area contributed by atoms with E-state index in [1.54, 1.807) is 0 Å². The predicted molar refractivity (Wildman–Crippen MR) is 81.0 cm³/mol. The molecule has 1 N–H and O–H groups in total. The maximum absolute atomic E-state index is 9.83. The molecule has 1 aromatic carbocycles. The second-order valence-electron chi connectivity index (χ2n) is 5.94. The molecule has 0 amide bonds. The molecule has 0 radical (unpaired) electrons. The largest absolute Gasteiger partial charge is 0.448 e. The van der Waals surface area contributed by atoms with E-state index in [4.69, 9.17) is 4.42 Å². The highest BCUT2D eigenvalue weighted by molar-refractivity contribution is 5.32. The van der Waals surface area contributed by atoms with Gasteiger partial charge in [-0.1, -0.05) is 38.1 Å². The van der Waals surface area contributed by atoms with Crippen LogP contribution in [0.4, 0.5) is 0 Å². The fraction of sp³-hybridized carbons (Fsp3) is 0.471. The molecule has 1 atom stereocenters. The van der Waals surface area contributed by atoms with Gasteiger partial charge in [-0.3, -0.25) is 4.90 Å². The average Bonchev–Trinajstić information content (AvgIpc) is 2.95. The number of hydrogen-bond donors (Lipinski definition) is 1. The van der Waals surface area contributed by atoms with E-state index in [9.17, 15) is 5.11 Å². The number of aliphatic hydroxyl groups is 1. The Labute approximate surface area is 125 Å². The maximum atomic E-state index is 9.83. The molecule has 0 bridgehead atoms. The van der Waals surface area contributed by atoms with Crippen molar-refractivity contribution in [1.82, 2.24) is 9.88 Å².